The number of amides is 1. The molecule has 0 saturated carbocycles. The third-order valence-electron chi connectivity index (χ3n) is 2.49. The molecule has 0 aliphatic rings. The molecule has 1 aromatic carbocycles. The predicted octanol–water partition coefficient (Wildman–Crippen LogP) is 1.77. The number of hydrogen-bond donors (Lipinski definition) is 1. The topological polar surface area (TPSA) is 68.0 Å². The molecule has 2 aromatic rings. The lowest BCUT2D eigenvalue weighted by atomic mass is 10.1. The van der Waals surface area contributed by atoms with Gasteiger partial charge in [-0.2, -0.15) is 4.98 Å². The summed E-state index contributed by atoms with van der Waals surface area (Å²) in [7, 11) is 0. The lowest BCUT2D eigenvalue weighted by Gasteiger charge is -2.10. The quantitative estimate of drug-likeness (QED) is 0.916. The third-order valence-corrected chi connectivity index (χ3v) is 2.49. The van der Waals surface area contributed by atoms with Crippen molar-refractivity contribution in [3.63, 3.8) is 0 Å². The Morgan fingerprint density at radius 3 is 2.84 bits per heavy atom. The number of halogens is 2. The van der Waals surface area contributed by atoms with Gasteiger partial charge in [0.05, 0.1) is 12.5 Å². The van der Waals surface area contributed by atoms with E-state index in [4.69, 9.17) is 0 Å². The van der Waals surface area contributed by atoms with Gasteiger partial charge in [0.2, 0.25) is 12.3 Å². The summed E-state index contributed by atoms with van der Waals surface area (Å²) >= 11 is 0. The summed E-state index contributed by atoms with van der Waals surface area (Å²) in [5.41, 5.74) is 0.386. The van der Waals surface area contributed by atoms with Gasteiger partial charge < -0.3 is 9.84 Å². The maximum Gasteiger partial charge on any atom is 0.225 e. The normalized spacial score (nSPS) is 12.2. The number of hydrogen-bond acceptors (Lipinski definition) is 4. The van der Waals surface area contributed by atoms with Crippen molar-refractivity contribution in [2.75, 3.05) is 0 Å². The van der Waals surface area contributed by atoms with Crippen LogP contribution in [0.2, 0.25) is 0 Å². The first-order valence-electron chi connectivity index (χ1n) is 5.56. The molecule has 1 atom stereocenters. The third kappa shape index (κ3) is 3.34. The zero-order valence-electron chi connectivity index (χ0n) is 10.1. The number of aromatic nitrogens is 2. The Balaban J connectivity index is 1.95. The van der Waals surface area contributed by atoms with Crippen LogP contribution in [-0.4, -0.2) is 16.0 Å². The number of nitrogens with one attached hydrogen (secondary N) is 1. The van der Waals surface area contributed by atoms with Gasteiger partial charge in [0.1, 0.15) is 0 Å². The predicted molar refractivity (Wildman–Crippen MR) is 60.9 cm³/mol. The van der Waals surface area contributed by atoms with E-state index in [2.05, 4.69) is 20.0 Å². The molecule has 100 valence electrons. The summed E-state index contributed by atoms with van der Waals surface area (Å²) in [6, 6.07) is 2.92. The summed E-state index contributed by atoms with van der Waals surface area (Å²) in [6.07, 6.45) is 1.10. The highest BCUT2D eigenvalue weighted by molar-refractivity contribution is 5.78. The molecule has 0 radical (unpaired) electrons. The van der Waals surface area contributed by atoms with Crippen LogP contribution in [0.5, 0.6) is 0 Å². The second-order valence-corrected chi connectivity index (χ2v) is 4.00. The van der Waals surface area contributed by atoms with Gasteiger partial charge in [-0.3, -0.25) is 4.79 Å². The van der Waals surface area contributed by atoms with E-state index in [-0.39, 0.29) is 12.3 Å². The first-order chi connectivity index (χ1) is 9.06. The molecule has 0 saturated heterocycles. The van der Waals surface area contributed by atoms with Crippen LogP contribution < -0.4 is 5.32 Å². The van der Waals surface area contributed by atoms with E-state index < -0.39 is 17.7 Å². The largest absolute Gasteiger partial charge is 0.346 e. The van der Waals surface area contributed by atoms with Gasteiger partial charge in [0.25, 0.3) is 0 Å². The van der Waals surface area contributed by atoms with E-state index >= 15 is 0 Å². The molecule has 0 bridgehead atoms. The fourth-order valence-electron chi connectivity index (χ4n) is 1.56. The van der Waals surface area contributed by atoms with Crippen LogP contribution in [0.25, 0.3) is 0 Å². The Morgan fingerprint density at radius 2 is 2.21 bits per heavy atom. The van der Waals surface area contributed by atoms with Crippen molar-refractivity contribution in [3.05, 3.63) is 47.6 Å². The van der Waals surface area contributed by atoms with Crippen molar-refractivity contribution >= 4 is 5.91 Å². The number of nitrogens with zero attached hydrogens (tertiary/aromatic N) is 2. The molecule has 5 nitrogen and oxygen atoms in total. The summed E-state index contributed by atoms with van der Waals surface area (Å²) in [5, 5.41) is 6.22. The monoisotopic (exact) mass is 267 g/mol. The Kier molecular flexibility index (Phi) is 3.84. The smallest absolute Gasteiger partial charge is 0.225 e. The maximum absolute atomic E-state index is 13.0. The standard InChI is InChI=1S/C12H11F2N3O2/c1-7(12-15-6-19-17-12)16-11(18)5-8-2-3-9(13)10(14)4-8/h2-4,6-7H,5H2,1H3,(H,16,18). The minimum atomic E-state index is -0.975. The van der Waals surface area contributed by atoms with E-state index in [0.717, 1.165) is 18.5 Å². The number of rotatable bonds is 4. The van der Waals surface area contributed by atoms with E-state index in [0.29, 0.717) is 11.4 Å². The molecule has 1 N–H and O–H groups in total. The molecule has 19 heavy (non-hydrogen) atoms. The van der Waals surface area contributed by atoms with E-state index in [9.17, 15) is 13.6 Å². The van der Waals surface area contributed by atoms with Gasteiger partial charge in [0.15, 0.2) is 17.5 Å². The molecular weight excluding hydrogens is 256 g/mol. The van der Waals surface area contributed by atoms with E-state index in [1.54, 1.807) is 6.92 Å². The highest BCUT2D eigenvalue weighted by atomic mass is 19.2. The number of benzene rings is 1. The second kappa shape index (κ2) is 5.55. The fraction of sp³-hybridized carbons (Fsp3) is 0.250. The SMILES string of the molecule is CC(NC(=O)Cc1ccc(F)c(F)c1)c1ncon1. The molecule has 1 heterocycles. The Hall–Kier alpha value is -2.31. The lowest BCUT2D eigenvalue weighted by molar-refractivity contribution is -0.121. The molecule has 1 unspecified atom stereocenters. The molecule has 1 aromatic heterocycles. The van der Waals surface area contributed by atoms with Gasteiger partial charge in [-0.1, -0.05) is 11.2 Å². The zero-order chi connectivity index (χ0) is 13.8. The second-order valence-electron chi connectivity index (χ2n) is 4.00. The molecule has 1 amide bonds. The van der Waals surface area contributed by atoms with Crippen LogP contribution >= 0.6 is 0 Å². The average Bonchev–Trinajstić information content (AvgIpc) is 2.87. The van der Waals surface area contributed by atoms with Gasteiger partial charge in [-0.05, 0) is 24.6 Å². The fourth-order valence-corrected chi connectivity index (χ4v) is 1.56. The minimum absolute atomic E-state index is 0.0562. The summed E-state index contributed by atoms with van der Waals surface area (Å²) in [6.45, 7) is 1.69. The summed E-state index contributed by atoms with van der Waals surface area (Å²) < 4.78 is 30.3. The zero-order valence-corrected chi connectivity index (χ0v) is 10.1. The highest BCUT2D eigenvalue weighted by Crippen LogP contribution is 2.10. The Labute approximate surface area is 107 Å². The van der Waals surface area contributed by atoms with Crippen LogP contribution in [0.15, 0.2) is 29.1 Å². The van der Waals surface area contributed by atoms with Crippen LogP contribution in [0, 0.1) is 11.6 Å². The van der Waals surface area contributed by atoms with Crippen LogP contribution in [0.4, 0.5) is 8.78 Å². The van der Waals surface area contributed by atoms with E-state index in [1.807, 2.05) is 0 Å². The van der Waals surface area contributed by atoms with Crippen molar-refractivity contribution in [1.29, 1.82) is 0 Å². The highest BCUT2D eigenvalue weighted by Gasteiger charge is 2.14. The molecule has 0 aliphatic carbocycles. The average molecular weight is 267 g/mol. The van der Waals surface area contributed by atoms with Crippen molar-refractivity contribution < 1.29 is 18.1 Å². The number of carbonyl (C=O) groups excluding carboxylic acids is 1. The van der Waals surface area contributed by atoms with Crippen molar-refractivity contribution in [3.8, 4) is 0 Å². The minimum Gasteiger partial charge on any atom is -0.346 e. The first-order valence-corrected chi connectivity index (χ1v) is 5.56. The Morgan fingerprint density at radius 1 is 1.42 bits per heavy atom. The van der Waals surface area contributed by atoms with Gasteiger partial charge >= 0.3 is 0 Å². The molecule has 0 aliphatic heterocycles. The molecule has 0 fully saturated rings. The van der Waals surface area contributed by atoms with Gasteiger partial charge in [-0.25, -0.2) is 8.78 Å². The van der Waals surface area contributed by atoms with Gasteiger partial charge in [0, 0.05) is 0 Å². The summed E-state index contributed by atoms with van der Waals surface area (Å²) in [5.74, 6) is -1.91. The Bertz CT molecular complexity index is 572. The molecular formula is C12H11F2N3O2. The van der Waals surface area contributed by atoms with Crippen molar-refractivity contribution in [2.24, 2.45) is 0 Å². The van der Waals surface area contributed by atoms with Crippen molar-refractivity contribution in [2.45, 2.75) is 19.4 Å². The lowest BCUT2D eigenvalue weighted by Crippen LogP contribution is -2.28. The maximum atomic E-state index is 13.0. The summed E-state index contributed by atoms with van der Waals surface area (Å²) in [4.78, 5) is 15.5. The molecule has 7 heteroatoms. The van der Waals surface area contributed by atoms with Crippen molar-refractivity contribution in [1.82, 2.24) is 15.5 Å². The molecule has 0 spiro atoms. The van der Waals surface area contributed by atoms with Crippen LogP contribution in [-0.2, 0) is 11.2 Å². The van der Waals surface area contributed by atoms with Gasteiger partial charge in [-0.15, -0.1) is 0 Å². The van der Waals surface area contributed by atoms with E-state index in [1.165, 1.54) is 6.07 Å². The van der Waals surface area contributed by atoms with Crippen LogP contribution in [0.3, 0.4) is 0 Å². The molecule has 2 rings (SSSR count). The first kappa shape index (κ1) is 13.1. The van der Waals surface area contributed by atoms with Crippen LogP contribution in [0.1, 0.15) is 24.4 Å². The number of carbonyl (C=O) groups is 1.